The number of rotatable bonds is 14. The number of hydrogen-bond acceptors (Lipinski definition) is 11. The molecule has 5 aromatic rings. The quantitative estimate of drug-likeness (QED) is 0.0842. The molecule has 17 heteroatoms. The molecule has 6 amide bonds. The molecule has 2 saturated heterocycles. The molecule has 0 aliphatic carbocycles. The van der Waals surface area contributed by atoms with Crippen LogP contribution in [0.25, 0.3) is 0 Å². The van der Waals surface area contributed by atoms with Gasteiger partial charge in [-0.1, -0.05) is 80.4 Å². The molecule has 4 heterocycles. The Balaban J connectivity index is 0.833. The molecule has 4 aliphatic heterocycles. The van der Waals surface area contributed by atoms with Crippen molar-refractivity contribution < 1.29 is 38.2 Å². The van der Waals surface area contributed by atoms with E-state index in [1.165, 1.54) is 4.90 Å². The van der Waals surface area contributed by atoms with E-state index in [0.29, 0.717) is 58.8 Å². The smallest absolute Gasteiger partial charge is 0.326 e. The Hall–Kier alpha value is -7.72. The van der Waals surface area contributed by atoms with Crippen LogP contribution in [0.15, 0.2) is 112 Å². The lowest BCUT2D eigenvalue weighted by Gasteiger charge is -2.39. The Bertz CT molecular complexity index is 3140. The second-order valence-electron chi connectivity index (χ2n) is 20.9. The van der Waals surface area contributed by atoms with Crippen molar-refractivity contribution in [1.29, 1.82) is 0 Å². The minimum Gasteiger partial charge on any atom is -0.494 e. The van der Waals surface area contributed by atoms with Crippen LogP contribution in [0, 0.1) is 20.8 Å². The number of aryl methyl sites for hydroxylation is 3. The average Bonchev–Trinajstić information content (AvgIpc) is 3.96. The van der Waals surface area contributed by atoms with Gasteiger partial charge in [-0.05, 0) is 122 Å². The van der Waals surface area contributed by atoms with Gasteiger partial charge in [0.05, 0.1) is 24.0 Å². The molecule has 76 heavy (non-hydrogen) atoms. The number of amidine groups is 1. The van der Waals surface area contributed by atoms with Crippen LogP contribution in [-0.2, 0) is 31.1 Å². The Labute approximate surface area is 448 Å². The van der Waals surface area contributed by atoms with Gasteiger partial charge in [0.25, 0.3) is 5.91 Å². The lowest BCUT2D eigenvalue weighted by atomic mass is 9.83. The van der Waals surface area contributed by atoms with Gasteiger partial charge in [-0.25, -0.2) is 4.79 Å². The number of aliphatic imine (C=N–C) groups is 1. The number of ether oxygens (including phenoxy) is 2. The highest BCUT2D eigenvalue weighted by molar-refractivity contribution is 6.30. The Kier molecular flexibility index (Phi) is 15.5. The molecule has 5 aromatic carbocycles. The van der Waals surface area contributed by atoms with Crippen molar-refractivity contribution in [2.24, 2.45) is 15.2 Å². The van der Waals surface area contributed by atoms with Crippen molar-refractivity contribution in [3.63, 3.8) is 0 Å². The fourth-order valence-electron chi connectivity index (χ4n) is 10.5. The standard InChI is InChI=1S/C59H63ClN8O8/c1-8-75-43-21-22-45(47(32-43)59(5,6)7)55-62-52(38-16-18-40(60)19-17-38)53(39-14-12-35(2)13-15-39)68(55)58(74)66-28-26-65(27-29-66)51(71)25-20-42(69)34-76-54-36(3)30-41(31-37(54)4)63-64-48-11-9-10-44-46(48)33-67(57(44)73)49-23-24-50(70)61-56(49)72/h9-19,21-22,30-32,49,52-53H,8,20,23-29,33-34H2,1-7H3,(H,61,70,72)/t49?,52-,53+/m0/s1. The summed E-state index contributed by atoms with van der Waals surface area (Å²) < 4.78 is 12.0. The molecule has 3 atom stereocenters. The first-order chi connectivity index (χ1) is 36.4. The minimum atomic E-state index is -0.742. The summed E-state index contributed by atoms with van der Waals surface area (Å²) in [7, 11) is 0. The van der Waals surface area contributed by atoms with Crippen LogP contribution in [0.1, 0.15) is 120 Å². The molecule has 0 radical (unpaired) electrons. The summed E-state index contributed by atoms with van der Waals surface area (Å²) in [6, 6.07) is 28.7. The van der Waals surface area contributed by atoms with Gasteiger partial charge in [-0.15, -0.1) is 0 Å². The van der Waals surface area contributed by atoms with Crippen molar-refractivity contribution in [2.75, 3.05) is 39.4 Å². The van der Waals surface area contributed by atoms with Crippen LogP contribution in [0.3, 0.4) is 0 Å². The molecule has 0 spiro atoms. The average molecular weight is 1050 g/mol. The monoisotopic (exact) mass is 1050 g/mol. The van der Waals surface area contributed by atoms with Crippen LogP contribution in [0.5, 0.6) is 11.5 Å². The van der Waals surface area contributed by atoms with Crippen LogP contribution < -0.4 is 14.8 Å². The van der Waals surface area contributed by atoms with E-state index in [0.717, 1.165) is 44.7 Å². The second-order valence-corrected chi connectivity index (χ2v) is 21.3. The third kappa shape index (κ3) is 11.3. The first-order valence-corrected chi connectivity index (χ1v) is 26.2. The van der Waals surface area contributed by atoms with E-state index in [1.807, 2.05) is 75.1 Å². The van der Waals surface area contributed by atoms with E-state index in [-0.39, 0.29) is 86.9 Å². The Morgan fingerprint density at radius 1 is 0.789 bits per heavy atom. The molecule has 16 nitrogen and oxygen atoms in total. The lowest BCUT2D eigenvalue weighted by Crippen LogP contribution is -2.55. The number of piperazine rings is 1. The van der Waals surface area contributed by atoms with Gasteiger partial charge in [-0.2, -0.15) is 10.2 Å². The van der Waals surface area contributed by atoms with Gasteiger partial charge in [-0.3, -0.25) is 39.2 Å². The fourth-order valence-corrected chi connectivity index (χ4v) is 10.6. The van der Waals surface area contributed by atoms with E-state index in [4.69, 9.17) is 26.1 Å². The number of hydrogen-bond donors (Lipinski definition) is 1. The summed E-state index contributed by atoms with van der Waals surface area (Å²) in [6.45, 7) is 15.7. The summed E-state index contributed by atoms with van der Waals surface area (Å²) >= 11 is 6.39. The zero-order valence-electron chi connectivity index (χ0n) is 44.0. The molecule has 1 unspecified atom stereocenters. The Morgan fingerprint density at radius 2 is 1.47 bits per heavy atom. The molecule has 9 rings (SSSR count). The van der Waals surface area contributed by atoms with Crippen molar-refractivity contribution in [3.8, 4) is 11.5 Å². The zero-order chi connectivity index (χ0) is 54.0. The van der Waals surface area contributed by atoms with E-state index in [1.54, 1.807) is 40.1 Å². The molecule has 4 aliphatic rings. The second kappa shape index (κ2) is 22.2. The summed E-state index contributed by atoms with van der Waals surface area (Å²) in [5.41, 5.74) is 8.01. The minimum absolute atomic E-state index is 0.00200. The van der Waals surface area contributed by atoms with Crippen molar-refractivity contribution >= 4 is 64.3 Å². The number of Topliss-reactive ketones (excluding diaryl/α,β-unsaturated/α-hetero) is 1. The number of carbonyl (C=O) groups is 6. The van der Waals surface area contributed by atoms with E-state index >= 15 is 4.79 Å². The lowest BCUT2D eigenvalue weighted by molar-refractivity contribution is -0.137. The van der Waals surface area contributed by atoms with Gasteiger partial charge in [0.1, 0.15) is 36.0 Å². The highest BCUT2D eigenvalue weighted by Crippen LogP contribution is 2.46. The van der Waals surface area contributed by atoms with Crippen LogP contribution in [-0.4, -0.2) is 106 Å². The number of amides is 6. The molecule has 2 fully saturated rings. The van der Waals surface area contributed by atoms with Gasteiger partial charge in [0.2, 0.25) is 17.7 Å². The highest BCUT2D eigenvalue weighted by Gasteiger charge is 2.46. The zero-order valence-corrected chi connectivity index (χ0v) is 44.8. The maximum Gasteiger partial charge on any atom is 0.326 e. The predicted octanol–water partition coefficient (Wildman–Crippen LogP) is 10.4. The number of nitrogens with one attached hydrogen (secondary N) is 1. The van der Waals surface area contributed by atoms with E-state index < -0.39 is 24.0 Å². The maximum atomic E-state index is 15.3. The number of azo groups is 1. The SMILES string of the molecule is CCOc1ccc(C2=N[C@@H](c3ccc(Cl)cc3)[C@@H](c3ccc(C)cc3)N2C(=O)N2CCN(C(=O)CCC(=O)COc3c(C)cc(N=Nc4cccc5c4CN(C4CCC(=O)NC4=O)C5=O)cc3C)CC2)c(C(C)(C)C)c1. The number of ketones is 1. The van der Waals surface area contributed by atoms with Crippen molar-refractivity contribution in [1.82, 2.24) is 24.9 Å². The number of halogens is 1. The summed E-state index contributed by atoms with van der Waals surface area (Å²) in [5, 5.41) is 11.9. The molecule has 0 bridgehead atoms. The van der Waals surface area contributed by atoms with Crippen molar-refractivity contribution in [3.05, 3.63) is 152 Å². The van der Waals surface area contributed by atoms with E-state index in [2.05, 4.69) is 60.6 Å². The Morgan fingerprint density at radius 3 is 2.14 bits per heavy atom. The number of piperidine rings is 1. The van der Waals surface area contributed by atoms with Gasteiger partial charge >= 0.3 is 6.03 Å². The van der Waals surface area contributed by atoms with Gasteiger partial charge in [0, 0.05) is 73.7 Å². The van der Waals surface area contributed by atoms with Crippen molar-refractivity contribution in [2.45, 2.75) is 104 Å². The molecular weight excluding hydrogens is 984 g/mol. The maximum absolute atomic E-state index is 15.3. The van der Waals surface area contributed by atoms with Gasteiger partial charge in [0.15, 0.2) is 5.78 Å². The summed E-state index contributed by atoms with van der Waals surface area (Å²) in [5.74, 6) is 0.290. The number of benzene rings is 5. The van der Waals surface area contributed by atoms with E-state index in [9.17, 15) is 24.0 Å². The molecular formula is C59H63ClN8O8. The van der Waals surface area contributed by atoms with Crippen LogP contribution >= 0.6 is 11.6 Å². The summed E-state index contributed by atoms with van der Waals surface area (Å²) in [4.78, 5) is 92.0. The number of imide groups is 1. The number of carbonyl (C=O) groups excluding carboxylic acids is 6. The molecule has 1 N–H and O–H groups in total. The largest absolute Gasteiger partial charge is 0.494 e. The number of fused-ring (bicyclic) bond motifs is 1. The first-order valence-electron chi connectivity index (χ1n) is 25.9. The number of nitrogens with zero attached hydrogens (tertiary/aromatic N) is 7. The fraction of sp³-hybridized carbons (Fsp3) is 0.373. The normalized spacial score (nSPS) is 18.8. The van der Waals surface area contributed by atoms with Crippen LogP contribution in [0.2, 0.25) is 5.02 Å². The van der Waals surface area contributed by atoms with Crippen LogP contribution in [0.4, 0.5) is 16.2 Å². The highest BCUT2D eigenvalue weighted by atomic mass is 35.5. The molecule has 394 valence electrons. The third-order valence-corrected chi connectivity index (χ3v) is 14.7. The first kappa shape index (κ1) is 53.1. The molecule has 0 aromatic heterocycles. The van der Waals surface area contributed by atoms with Gasteiger partial charge < -0.3 is 24.2 Å². The number of urea groups is 1. The predicted molar refractivity (Wildman–Crippen MR) is 289 cm³/mol. The summed E-state index contributed by atoms with van der Waals surface area (Å²) in [6.07, 6.45) is 0.411. The topological polar surface area (TPSA) is 183 Å². The molecule has 0 saturated carbocycles. The third-order valence-electron chi connectivity index (χ3n) is 14.4.